The van der Waals surface area contributed by atoms with E-state index >= 15 is 0 Å². The summed E-state index contributed by atoms with van der Waals surface area (Å²) >= 11 is 0. The van der Waals surface area contributed by atoms with Crippen LogP contribution in [0.2, 0.25) is 0 Å². The van der Waals surface area contributed by atoms with Gasteiger partial charge in [0.1, 0.15) is 7.85 Å². The molecule has 0 aromatic carbocycles. The fourth-order valence-electron chi connectivity index (χ4n) is 2.18. The van der Waals surface area contributed by atoms with Gasteiger partial charge in [-0.05, 0) is 6.42 Å². The number of fused-ring (bicyclic) bond motifs is 2. The van der Waals surface area contributed by atoms with Crippen LogP contribution < -0.4 is 0 Å². The van der Waals surface area contributed by atoms with Gasteiger partial charge in [0, 0.05) is 11.9 Å². The van der Waals surface area contributed by atoms with Crippen LogP contribution >= 0.6 is 0 Å². The highest BCUT2D eigenvalue weighted by molar-refractivity contribution is 6.11. The molecule has 2 rings (SSSR count). The second-order valence-electron chi connectivity index (χ2n) is 3.57. The van der Waals surface area contributed by atoms with Crippen LogP contribution in [-0.4, -0.2) is 32.2 Å². The maximum atomic E-state index is 5.72. The smallest absolute Gasteiger partial charge is 0.112 e. The van der Waals surface area contributed by atoms with Crippen molar-refractivity contribution < 1.29 is 9.47 Å². The first-order chi connectivity index (χ1) is 5.19. The van der Waals surface area contributed by atoms with Gasteiger partial charge in [0.2, 0.25) is 0 Å². The minimum absolute atomic E-state index is 0.0654. The van der Waals surface area contributed by atoms with E-state index in [0.717, 1.165) is 13.0 Å². The molecular weight excluding hydrogens is 139 g/mol. The third-order valence-corrected chi connectivity index (χ3v) is 3.14. The van der Waals surface area contributed by atoms with Gasteiger partial charge in [-0.15, -0.1) is 0 Å². The van der Waals surface area contributed by atoms with E-state index in [1.165, 1.54) is 0 Å². The van der Waals surface area contributed by atoms with Crippen molar-refractivity contribution in [1.29, 1.82) is 0 Å². The van der Waals surface area contributed by atoms with E-state index in [9.17, 15) is 0 Å². The molecule has 11 heavy (non-hydrogen) atoms. The Morgan fingerprint density at radius 2 is 2.36 bits per heavy atom. The van der Waals surface area contributed by atoms with Crippen LogP contribution in [0.5, 0.6) is 0 Å². The summed E-state index contributed by atoms with van der Waals surface area (Å²) < 4.78 is 11.2. The summed E-state index contributed by atoms with van der Waals surface area (Å²) in [6, 6.07) is -0.196. The molecule has 0 amide bonds. The van der Waals surface area contributed by atoms with Gasteiger partial charge in [0.05, 0.1) is 18.3 Å². The first-order valence-corrected chi connectivity index (χ1v) is 4.24. The summed E-state index contributed by atoms with van der Waals surface area (Å²) in [5, 5.41) is 0. The molecule has 0 saturated carbocycles. The van der Waals surface area contributed by atoms with E-state index in [4.69, 9.17) is 17.3 Å². The molecule has 0 aromatic rings. The second-order valence-corrected chi connectivity index (χ2v) is 3.57. The third kappa shape index (κ3) is 0.813. The topological polar surface area (TPSA) is 18.5 Å². The van der Waals surface area contributed by atoms with Crippen molar-refractivity contribution >= 4 is 7.85 Å². The maximum Gasteiger partial charge on any atom is 0.112 e. The quantitative estimate of drug-likeness (QED) is 0.514. The molecule has 0 aromatic heterocycles. The molecule has 2 radical (unpaired) electrons. The molecule has 0 aliphatic carbocycles. The van der Waals surface area contributed by atoms with Gasteiger partial charge in [-0.2, -0.15) is 0 Å². The molecule has 2 saturated heterocycles. The maximum absolute atomic E-state index is 5.72. The lowest BCUT2D eigenvalue weighted by Crippen LogP contribution is -2.37. The highest BCUT2D eigenvalue weighted by Gasteiger charge is 2.55. The molecule has 60 valence electrons. The van der Waals surface area contributed by atoms with Gasteiger partial charge in [0.15, 0.2) is 0 Å². The Balaban J connectivity index is 2.24. The molecule has 2 aliphatic rings. The van der Waals surface area contributed by atoms with Crippen LogP contribution in [0.15, 0.2) is 0 Å². The molecule has 2 nitrogen and oxygen atoms in total. The van der Waals surface area contributed by atoms with E-state index < -0.39 is 0 Å². The Kier molecular flexibility index (Phi) is 1.55. The van der Waals surface area contributed by atoms with Crippen molar-refractivity contribution in [2.24, 2.45) is 5.92 Å². The van der Waals surface area contributed by atoms with E-state index in [-0.39, 0.29) is 17.7 Å². The fraction of sp³-hybridized carbons (Fsp3) is 1.00. The predicted molar refractivity (Wildman–Crippen MR) is 42.6 cm³/mol. The first kappa shape index (κ1) is 7.62. The Morgan fingerprint density at radius 1 is 1.64 bits per heavy atom. The van der Waals surface area contributed by atoms with Crippen molar-refractivity contribution in [1.82, 2.24) is 0 Å². The molecule has 2 aliphatic heterocycles. The van der Waals surface area contributed by atoms with Gasteiger partial charge < -0.3 is 9.47 Å². The van der Waals surface area contributed by atoms with Gasteiger partial charge in [-0.1, -0.05) is 13.8 Å². The Morgan fingerprint density at radius 3 is 2.64 bits per heavy atom. The zero-order valence-corrected chi connectivity index (χ0v) is 7.04. The van der Waals surface area contributed by atoms with Crippen LogP contribution in [0.1, 0.15) is 20.3 Å². The molecule has 2 heterocycles. The minimum Gasteiger partial charge on any atom is -0.376 e. The summed E-state index contributed by atoms with van der Waals surface area (Å²) in [6.07, 6.45) is 1.13. The van der Waals surface area contributed by atoms with E-state index in [2.05, 4.69) is 13.8 Å². The first-order valence-electron chi connectivity index (χ1n) is 4.24. The molecule has 0 spiro atoms. The number of hydrogen-bond acceptors (Lipinski definition) is 2. The standard InChI is InChI=1S/C8H13BO2/c1-3-8-4-10-6(5(8)2)7(9)11-8/h5-7H,3-4H2,1-2H3/t5?,6-,7-,8-/m1/s1. The zero-order chi connectivity index (χ0) is 8.06. The third-order valence-electron chi connectivity index (χ3n) is 3.14. The summed E-state index contributed by atoms with van der Waals surface area (Å²) in [5.74, 6) is 0.461. The SMILES string of the molecule is [B][C@@H]1O[C@]2(CC)CO[C@@H]1C2C. The van der Waals surface area contributed by atoms with Crippen LogP contribution in [0, 0.1) is 5.92 Å². The molecule has 2 bridgehead atoms. The molecule has 4 atom stereocenters. The van der Waals surface area contributed by atoms with Crippen molar-refractivity contribution in [3.8, 4) is 0 Å². The number of hydrogen-bond donors (Lipinski definition) is 0. The van der Waals surface area contributed by atoms with E-state index in [0.29, 0.717) is 5.92 Å². The lowest BCUT2D eigenvalue weighted by Gasteiger charge is -2.29. The second kappa shape index (κ2) is 2.24. The average Bonchev–Trinajstić information content (AvgIpc) is 2.42. The van der Waals surface area contributed by atoms with Crippen LogP contribution in [0.25, 0.3) is 0 Å². The van der Waals surface area contributed by atoms with Gasteiger partial charge in [-0.25, -0.2) is 0 Å². The normalized spacial score (nSPS) is 55.3. The Hall–Kier alpha value is -0.0151. The Bertz CT molecular complexity index is 173. The highest BCUT2D eigenvalue weighted by atomic mass is 16.6. The minimum atomic E-state index is -0.196. The largest absolute Gasteiger partial charge is 0.376 e. The summed E-state index contributed by atoms with van der Waals surface area (Å²) in [6.45, 7) is 5.01. The van der Waals surface area contributed by atoms with Crippen LogP contribution in [0.4, 0.5) is 0 Å². The van der Waals surface area contributed by atoms with Crippen molar-refractivity contribution in [2.75, 3.05) is 6.61 Å². The highest BCUT2D eigenvalue weighted by Crippen LogP contribution is 2.45. The van der Waals surface area contributed by atoms with Crippen LogP contribution in [0.3, 0.4) is 0 Å². The van der Waals surface area contributed by atoms with Crippen LogP contribution in [-0.2, 0) is 9.47 Å². The lowest BCUT2D eigenvalue weighted by molar-refractivity contribution is -0.115. The summed E-state index contributed by atoms with van der Waals surface area (Å²) in [4.78, 5) is 0. The van der Waals surface area contributed by atoms with Crippen molar-refractivity contribution in [3.63, 3.8) is 0 Å². The summed E-state index contributed by atoms with van der Waals surface area (Å²) in [5.41, 5.74) is -0.0654. The number of rotatable bonds is 1. The van der Waals surface area contributed by atoms with E-state index in [1.807, 2.05) is 0 Å². The van der Waals surface area contributed by atoms with E-state index in [1.54, 1.807) is 0 Å². The molecule has 2 fully saturated rings. The van der Waals surface area contributed by atoms with Gasteiger partial charge in [-0.3, -0.25) is 0 Å². The number of ether oxygens (including phenoxy) is 2. The average molecular weight is 152 g/mol. The monoisotopic (exact) mass is 152 g/mol. The molecular formula is C8H13BO2. The lowest BCUT2D eigenvalue weighted by atomic mass is 9.85. The summed E-state index contributed by atoms with van der Waals surface area (Å²) in [7, 11) is 5.72. The Labute approximate surface area is 68.7 Å². The molecule has 3 heteroatoms. The molecule has 0 N–H and O–H groups in total. The zero-order valence-electron chi connectivity index (χ0n) is 7.04. The fourth-order valence-corrected chi connectivity index (χ4v) is 2.18. The van der Waals surface area contributed by atoms with Gasteiger partial charge in [0.25, 0.3) is 0 Å². The molecule has 1 unspecified atom stereocenters. The van der Waals surface area contributed by atoms with Gasteiger partial charge >= 0.3 is 0 Å². The van der Waals surface area contributed by atoms with Crippen molar-refractivity contribution in [3.05, 3.63) is 0 Å². The van der Waals surface area contributed by atoms with Crippen molar-refractivity contribution in [2.45, 2.75) is 38.0 Å². The predicted octanol–water partition coefficient (Wildman–Crippen LogP) is 0.695.